The van der Waals surface area contributed by atoms with Gasteiger partial charge in [0, 0.05) is 12.1 Å². The third-order valence-electron chi connectivity index (χ3n) is 4.44. The highest BCUT2D eigenvalue weighted by Gasteiger charge is 2.35. The van der Waals surface area contributed by atoms with Crippen LogP contribution in [0.4, 0.5) is 5.69 Å². The third-order valence-corrected chi connectivity index (χ3v) is 6.43. The Balaban J connectivity index is 2.41. The Kier molecular flexibility index (Phi) is 7.93. The number of methoxy groups -OCH3 is 1. The molecular weight excluding hydrogens is 410 g/mol. The minimum Gasteiger partial charge on any atom is -0.497 e. The summed E-state index contributed by atoms with van der Waals surface area (Å²) >= 11 is 0. The zero-order valence-electron chi connectivity index (χ0n) is 16.7. The first-order valence-corrected chi connectivity index (χ1v) is 10.6. The first-order chi connectivity index (χ1) is 14.2. The Bertz CT molecular complexity index is 992. The molecule has 10 heteroatoms. The molecule has 0 saturated carbocycles. The molecule has 162 valence electrons. The molecule has 1 atom stereocenters. The van der Waals surface area contributed by atoms with E-state index in [4.69, 9.17) is 15.6 Å². The molecule has 0 unspecified atom stereocenters. The molecule has 0 spiro atoms. The molecule has 4 N–H and O–H groups in total. The number of benzene rings is 2. The Morgan fingerprint density at radius 3 is 2.37 bits per heavy atom. The summed E-state index contributed by atoms with van der Waals surface area (Å²) in [6.45, 7) is 0.444. The molecule has 2 rings (SSSR count). The van der Waals surface area contributed by atoms with Crippen LogP contribution in [0.2, 0.25) is 0 Å². The molecule has 30 heavy (non-hydrogen) atoms. The lowest BCUT2D eigenvalue weighted by Gasteiger charge is -2.27. The maximum absolute atomic E-state index is 13.3. The van der Waals surface area contributed by atoms with E-state index < -0.39 is 34.3 Å². The first-order valence-electron chi connectivity index (χ1n) is 9.14. The zero-order chi connectivity index (χ0) is 22.3. The van der Waals surface area contributed by atoms with Gasteiger partial charge in [0.2, 0.25) is 15.9 Å². The second kappa shape index (κ2) is 10.2. The van der Waals surface area contributed by atoms with Gasteiger partial charge in [0.05, 0.1) is 25.9 Å². The van der Waals surface area contributed by atoms with E-state index in [2.05, 4.69) is 5.32 Å². The van der Waals surface area contributed by atoms with Gasteiger partial charge < -0.3 is 20.9 Å². The number of ketones is 1. The molecule has 9 nitrogen and oxygen atoms in total. The van der Waals surface area contributed by atoms with Crippen molar-refractivity contribution in [2.75, 3.05) is 32.5 Å². The molecule has 0 aliphatic rings. The fraction of sp³-hybridized carbons (Fsp3) is 0.300. The van der Waals surface area contributed by atoms with Gasteiger partial charge in [0.25, 0.3) is 0 Å². The van der Waals surface area contributed by atoms with Crippen molar-refractivity contribution in [1.29, 1.82) is 0 Å². The van der Waals surface area contributed by atoms with Crippen molar-refractivity contribution < 1.29 is 27.9 Å². The number of nitrogens with two attached hydrogens (primary N) is 1. The Labute approximate surface area is 175 Å². The summed E-state index contributed by atoms with van der Waals surface area (Å²) in [6, 6.07) is 10.8. The molecular formula is C20H25N3O6S. The topological polar surface area (TPSA) is 139 Å². The number of Topliss-reactive ketones (excluding diaryl/α,β-unsaturated/α-hetero) is 1. The van der Waals surface area contributed by atoms with Crippen molar-refractivity contribution in [3.05, 3.63) is 54.1 Å². The lowest BCUT2D eigenvalue weighted by Crippen LogP contribution is -2.50. The van der Waals surface area contributed by atoms with E-state index in [0.29, 0.717) is 5.75 Å². The van der Waals surface area contributed by atoms with E-state index >= 15 is 0 Å². The standard InChI is InChI=1S/C20H25N3O6S/c1-14(20(26)22-11-12-24)23(30(27,28)19-6-4-3-5-17(19)21)13-18(25)15-7-9-16(29-2)10-8-15/h3-10,14,24H,11-13,21H2,1-2H3,(H,22,26)/t14-/m0/s1. The predicted octanol–water partition coefficient (Wildman–Crippen LogP) is 0.648. The van der Waals surface area contributed by atoms with Crippen LogP contribution >= 0.6 is 0 Å². The highest BCUT2D eigenvalue weighted by atomic mass is 32.2. The van der Waals surface area contributed by atoms with Crippen LogP contribution in [0.5, 0.6) is 5.75 Å². The third kappa shape index (κ3) is 5.35. The number of amides is 1. The number of nitrogen functional groups attached to an aromatic ring is 1. The van der Waals surface area contributed by atoms with Crippen molar-refractivity contribution in [3.63, 3.8) is 0 Å². The molecule has 2 aromatic carbocycles. The summed E-state index contributed by atoms with van der Waals surface area (Å²) in [6.07, 6.45) is 0. The van der Waals surface area contributed by atoms with Crippen LogP contribution < -0.4 is 15.8 Å². The van der Waals surface area contributed by atoms with Crippen LogP contribution in [0.3, 0.4) is 0 Å². The number of aliphatic hydroxyl groups excluding tert-OH is 1. The van der Waals surface area contributed by atoms with E-state index in [0.717, 1.165) is 4.31 Å². The van der Waals surface area contributed by atoms with Crippen molar-refractivity contribution in [2.45, 2.75) is 17.9 Å². The zero-order valence-corrected chi connectivity index (χ0v) is 17.6. The number of carbonyl (C=O) groups excluding carboxylic acids is 2. The molecule has 0 aliphatic heterocycles. The fourth-order valence-electron chi connectivity index (χ4n) is 2.74. The maximum Gasteiger partial charge on any atom is 0.246 e. The normalized spacial score (nSPS) is 12.4. The van der Waals surface area contributed by atoms with Crippen LogP contribution in [-0.2, 0) is 14.8 Å². The second-order valence-electron chi connectivity index (χ2n) is 6.43. The quantitative estimate of drug-likeness (QED) is 0.368. The van der Waals surface area contributed by atoms with E-state index in [1.165, 1.54) is 44.4 Å². The average molecular weight is 436 g/mol. The lowest BCUT2D eigenvalue weighted by atomic mass is 10.1. The largest absolute Gasteiger partial charge is 0.497 e. The molecule has 0 aliphatic carbocycles. The smallest absolute Gasteiger partial charge is 0.246 e. The molecule has 0 radical (unpaired) electrons. The molecule has 0 bridgehead atoms. The maximum atomic E-state index is 13.3. The second-order valence-corrected chi connectivity index (χ2v) is 8.29. The highest BCUT2D eigenvalue weighted by molar-refractivity contribution is 7.89. The number of sulfonamides is 1. The summed E-state index contributed by atoms with van der Waals surface area (Å²) in [5, 5.41) is 11.3. The summed E-state index contributed by atoms with van der Waals surface area (Å²) in [5.74, 6) is -0.605. The molecule has 1 amide bonds. The van der Waals surface area contributed by atoms with Crippen LogP contribution in [0.25, 0.3) is 0 Å². The Morgan fingerprint density at radius 1 is 1.17 bits per heavy atom. The van der Waals surface area contributed by atoms with Crippen molar-refractivity contribution >= 4 is 27.4 Å². The van der Waals surface area contributed by atoms with Gasteiger partial charge >= 0.3 is 0 Å². The minimum atomic E-state index is -4.28. The molecule has 0 saturated heterocycles. The van der Waals surface area contributed by atoms with Crippen LogP contribution in [0.1, 0.15) is 17.3 Å². The van der Waals surface area contributed by atoms with Crippen molar-refractivity contribution in [2.24, 2.45) is 0 Å². The van der Waals surface area contributed by atoms with Gasteiger partial charge in [-0.3, -0.25) is 9.59 Å². The van der Waals surface area contributed by atoms with E-state index in [9.17, 15) is 18.0 Å². The Hall–Kier alpha value is -2.95. The van der Waals surface area contributed by atoms with Crippen LogP contribution in [-0.4, -0.2) is 62.4 Å². The molecule has 2 aromatic rings. The van der Waals surface area contributed by atoms with Gasteiger partial charge in [0.15, 0.2) is 5.78 Å². The van der Waals surface area contributed by atoms with E-state index in [1.807, 2.05) is 0 Å². The number of hydrogen-bond donors (Lipinski definition) is 3. The van der Waals surface area contributed by atoms with Crippen molar-refractivity contribution in [1.82, 2.24) is 9.62 Å². The number of rotatable bonds is 10. The van der Waals surface area contributed by atoms with E-state index in [1.54, 1.807) is 18.2 Å². The number of hydrogen-bond acceptors (Lipinski definition) is 7. The van der Waals surface area contributed by atoms with Crippen molar-refractivity contribution in [3.8, 4) is 5.75 Å². The van der Waals surface area contributed by atoms with E-state index in [-0.39, 0.29) is 29.3 Å². The number of nitrogens with zero attached hydrogens (tertiary/aromatic N) is 1. The first kappa shape index (κ1) is 23.3. The van der Waals surface area contributed by atoms with Gasteiger partial charge in [-0.2, -0.15) is 4.31 Å². The number of ether oxygens (including phenoxy) is 1. The lowest BCUT2D eigenvalue weighted by molar-refractivity contribution is -0.124. The van der Waals surface area contributed by atoms with Gasteiger partial charge in [-0.25, -0.2) is 8.42 Å². The van der Waals surface area contributed by atoms with Gasteiger partial charge in [0.1, 0.15) is 16.7 Å². The van der Waals surface area contributed by atoms with Gasteiger partial charge in [-0.05, 0) is 43.3 Å². The fourth-order valence-corrected chi connectivity index (χ4v) is 4.41. The number of aliphatic hydroxyl groups is 1. The van der Waals surface area contributed by atoms with Crippen LogP contribution in [0.15, 0.2) is 53.4 Å². The SMILES string of the molecule is COc1ccc(C(=O)CN([C@@H](C)C(=O)NCCO)S(=O)(=O)c2ccccc2N)cc1. The molecule has 0 fully saturated rings. The summed E-state index contributed by atoms with van der Waals surface area (Å²) in [7, 11) is -2.79. The molecule has 0 heterocycles. The summed E-state index contributed by atoms with van der Waals surface area (Å²) in [5.41, 5.74) is 6.10. The van der Waals surface area contributed by atoms with Gasteiger partial charge in [-0.1, -0.05) is 12.1 Å². The number of nitrogens with one attached hydrogen (secondary N) is 1. The van der Waals surface area contributed by atoms with Gasteiger partial charge in [-0.15, -0.1) is 0 Å². The highest BCUT2D eigenvalue weighted by Crippen LogP contribution is 2.24. The number of para-hydroxylation sites is 1. The predicted molar refractivity (Wildman–Crippen MR) is 112 cm³/mol. The Morgan fingerprint density at radius 2 is 1.80 bits per heavy atom. The number of anilines is 1. The summed E-state index contributed by atoms with van der Waals surface area (Å²) in [4.78, 5) is 25.0. The number of carbonyl (C=O) groups is 2. The minimum absolute atomic E-state index is 0.00219. The molecule has 0 aromatic heterocycles. The average Bonchev–Trinajstić information content (AvgIpc) is 2.75. The van der Waals surface area contributed by atoms with Crippen LogP contribution in [0, 0.1) is 0 Å². The monoisotopic (exact) mass is 435 g/mol. The summed E-state index contributed by atoms with van der Waals surface area (Å²) < 4.78 is 32.4.